The smallest absolute Gasteiger partial charge is 0.123 e. The molecule has 0 radical (unpaired) electrons. The molecule has 2 atom stereocenters. The summed E-state index contributed by atoms with van der Waals surface area (Å²) in [5.41, 5.74) is 1.50. The average Bonchev–Trinajstić information content (AvgIpc) is 3.07. The van der Waals surface area contributed by atoms with Gasteiger partial charge < -0.3 is 10.2 Å². The molecular formula is C19H26FN3O2. The maximum Gasteiger partial charge on any atom is 0.123 e. The number of nitrogens with zero attached hydrogens (tertiary/aromatic N) is 3. The number of piperidine rings is 1. The van der Waals surface area contributed by atoms with Crippen LogP contribution >= 0.6 is 0 Å². The first-order valence-electron chi connectivity index (χ1n) is 8.87. The molecule has 0 saturated carbocycles. The highest BCUT2D eigenvalue weighted by atomic mass is 19.1. The van der Waals surface area contributed by atoms with E-state index in [1.165, 1.54) is 12.1 Å². The molecule has 1 aliphatic rings. The lowest BCUT2D eigenvalue weighted by atomic mass is 9.73. The number of aromatic nitrogens is 2. The predicted octanol–water partition coefficient (Wildman–Crippen LogP) is 2.36. The molecule has 1 aromatic heterocycles. The second kappa shape index (κ2) is 7.64. The fraction of sp³-hybridized carbons (Fsp3) is 0.526. The summed E-state index contributed by atoms with van der Waals surface area (Å²) in [7, 11) is 0. The predicted molar refractivity (Wildman–Crippen MR) is 93.8 cm³/mol. The van der Waals surface area contributed by atoms with Gasteiger partial charge in [0.2, 0.25) is 0 Å². The summed E-state index contributed by atoms with van der Waals surface area (Å²) >= 11 is 0. The maximum absolute atomic E-state index is 13.0. The molecule has 1 fully saturated rings. The van der Waals surface area contributed by atoms with Gasteiger partial charge in [-0.05, 0) is 43.7 Å². The van der Waals surface area contributed by atoms with E-state index in [2.05, 4.69) is 16.9 Å². The molecule has 2 N–H and O–H groups in total. The van der Waals surface area contributed by atoms with Crippen molar-refractivity contribution in [3.8, 4) is 5.69 Å². The van der Waals surface area contributed by atoms with Gasteiger partial charge in [-0.1, -0.05) is 13.3 Å². The summed E-state index contributed by atoms with van der Waals surface area (Å²) in [5.74, 6) is -0.266. The zero-order valence-electron chi connectivity index (χ0n) is 14.6. The Morgan fingerprint density at radius 1 is 1.32 bits per heavy atom. The van der Waals surface area contributed by atoms with Crippen molar-refractivity contribution in [2.24, 2.45) is 5.41 Å². The number of likely N-dealkylation sites (tertiary alicyclic amines) is 1. The molecule has 1 aliphatic heterocycles. The van der Waals surface area contributed by atoms with E-state index in [-0.39, 0.29) is 17.8 Å². The Balaban J connectivity index is 1.63. The van der Waals surface area contributed by atoms with Gasteiger partial charge in [-0.25, -0.2) is 9.07 Å². The molecule has 1 saturated heterocycles. The molecule has 0 unspecified atom stereocenters. The van der Waals surface area contributed by atoms with Gasteiger partial charge in [-0.2, -0.15) is 5.10 Å². The van der Waals surface area contributed by atoms with E-state index in [0.717, 1.165) is 37.1 Å². The number of benzene rings is 1. The molecular weight excluding hydrogens is 321 g/mol. The van der Waals surface area contributed by atoms with Crippen molar-refractivity contribution in [2.45, 2.75) is 38.8 Å². The largest absolute Gasteiger partial charge is 0.396 e. The summed E-state index contributed by atoms with van der Waals surface area (Å²) in [6, 6.07) is 6.22. The summed E-state index contributed by atoms with van der Waals surface area (Å²) in [6.45, 7) is 4.23. The Labute approximate surface area is 147 Å². The van der Waals surface area contributed by atoms with Crippen LogP contribution in [0.4, 0.5) is 4.39 Å². The van der Waals surface area contributed by atoms with E-state index in [9.17, 15) is 14.6 Å². The molecule has 0 spiro atoms. The zero-order valence-corrected chi connectivity index (χ0v) is 14.6. The zero-order chi connectivity index (χ0) is 17.9. The van der Waals surface area contributed by atoms with Crippen molar-refractivity contribution in [2.75, 3.05) is 19.7 Å². The molecule has 3 rings (SSSR count). The number of hydrogen-bond donors (Lipinski definition) is 2. The molecule has 5 nitrogen and oxygen atoms in total. The number of hydrogen-bond acceptors (Lipinski definition) is 4. The summed E-state index contributed by atoms with van der Waals surface area (Å²) in [4.78, 5) is 2.19. The van der Waals surface area contributed by atoms with Crippen LogP contribution in [-0.4, -0.2) is 50.7 Å². The fourth-order valence-electron chi connectivity index (χ4n) is 3.71. The highest BCUT2D eigenvalue weighted by molar-refractivity contribution is 5.31. The van der Waals surface area contributed by atoms with Crippen LogP contribution in [0.15, 0.2) is 36.7 Å². The second-order valence-corrected chi connectivity index (χ2v) is 7.04. The fourth-order valence-corrected chi connectivity index (χ4v) is 3.71. The van der Waals surface area contributed by atoms with E-state index < -0.39 is 6.10 Å². The quantitative estimate of drug-likeness (QED) is 0.842. The highest BCUT2D eigenvalue weighted by Gasteiger charge is 2.40. The van der Waals surface area contributed by atoms with Crippen molar-refractivity contribution in [1.82, 2.24) is 14.7 Å². The Morgan fingerprint density at radius 3 is 2.72 bits per heavy atom. The Morgan fingerprint density at radius 2 is 2.08 bits per heavy atom. The number of halogens is 1. The lowest BCUT2D eigenvalue weighted by Crippen LogP contribution is -2.52. The summed E-state index contributed by atoms with van der Waals surface area (Å²) < 4.78 is 14.7. The van der Waals surface area contributed by atoms with Gasteiger partial charge in [0, 0.05) is 30.3 Å². The van der Waals surface area contributed by atoms with Crippen molar-refractivity contribution in [3.63, 3.8) is 0 Å². The topological polar surface area (TPSA) is 61.5 Å². The average molecular weight is 347 g/mol. The van der Waals surface area contributed by atoms with Gasteiger partial charge in [-0.3, -0.25) is 4.90 Å². The minimum atomic E-state index is -0.515. The van der Waals surface area contributed by atoms with Gasteiger partial charge in [-0.15, -0.1) is 0 Å². The first-order chi connectivity index (χ1) is 12.1. The summed E-state index contributed by atoms with van der Waals surface area (Å²) in [6.07, 6.45) is 5.82. The van der Waals surface area contributed by atoms with Crippen molar-refractivity contribution < 1.29 is 14.6 Å². The second-order valence-electron chi connectivity index (χ2n) is 7.04. The number of rotatable bonds is 6. The van der Waals surface area contributed by atoms with Crippen LogP contribution in [-0.2, 0) is 6.54 Å². The third-order valence-corrected chi connectivity index (χ3v) is 5.26. The maximum atomic E-state index is 13.0. The molecule has 0 bridgehead atoms. The number of β-amino-alcohol motifs (C(OH)–C–C–N with tert-alkyl or cyclic N) is 1. The van der Waals surface area contributed by atoms with Crippen LogP contribution in [0.2, 0.25) is 0 Å². The summed E-state index contributed by atoms with van der Waals surface area (Å²) in [5, 5.41) is 24.6. The van der Waals surface area contributed by atoms with Crippen LogP contribution in [0.3, 0.4) is 0 Å². The Kier molecular flexibility index (Phi) is 5.51. The van der Waals surface area contributed by atoms with E-state index in [1.54, 1.807) is 23.0 Å². The lowest BCUT2D eigenvalue weighted by Gasteiger charge is -2.44. The van der Waals surface area contributed by atoms with Crippen LogP contribution in [0, 0.1) is 11.2 Å². The van der Waals surface area contributed by atoms with E-state index in [1.807, 2.05) is 6.20 Å². The van der Waals surface area contributed by atoms with Gasteiger partial charge in [0.15, 0.2) is 0 Å². The Bertz CT molecular complexity index is 688. The van der Waals surface area contributed by atoms with Crippen LogP contribution in [0.1, 0.15) is 31.7 Å². The minimum absolute atomic E-state index is 0.0400. The van der Waals surface area contributed by atoms with Crippen LogP contribution < -0.4 is 0 Å². The minimum Gasteiger partial charge on any atom is -0.396 e. The highest BCUT2D eigenvalue weighted by Crippen LogP contribution is 2.36. The number of aliphatic hydroxyl groups excluding tert-OH is 2. The lowest BCUT2D eigenvalue weighted by molar-refractivity contribution is -0.0802. The first-order valence-corrected chi connectivity index (χ1v) is 8.87. The van der Waals surface area contributed by atoms with Crippen molar-refractivity contribution >= 4 is 0 Å². The van der Waals surface area contributed by atoms with E-state index in [4.69, 9.17) is 0 Å². The van der Waals surface area contributed by atoms with Gasteiger partial charge in [0.25, 0.3) is 0 Å². The van der Waals surface area contributed by atoms with Gasteiger partial charge in [0.05, 0.1) is 24.6 Å². The SMILES string of the molecule is CCC[C@]1(CO)CCN(Cc2cnn(-c3ccc(F)cc3)c2)C[C@H]1O. The molecule has 1 aromatic carbocycles. The molecule has 2 heterocycles. The van der Waals surface area contributed by atoms with Gasteiger partial charge in [0.1, 0.15) is 5.82 Å². The third kappa shape index (κ3) is 3.92. The molecule has 0 aliphatic carbocycles. The number of aliphatic hydroxyl groups is 2. The normalized spacial score (nSPS) is 24.6. The standard InChI is InChI=1S/C19H26FN3O2/c1-2-7-19(14-24)8-9-22(13-18(19)25)11-15-10-21-23(12-15)17-5-3-16(20)4-6-17/h3-6,10,12,18,24-25H,2,7-9,11,13-14H2,1H3/t18-,19-/m1/s1. The van der Waals surface area contributed by atoms with E-state index >= 15 is 0 Å². The molecule has 6 heteroatoms. The monoisotopic (exact) mass is 347 g/mol. The van der Waals surface area contributed by atoms with Crippen LogP contribution in [0.25, 0.3) is 5.69 Å². The molecule has 2 aromatic rings. The van der Waals surface area contributed by atoms with Gasteiger partial charge >= 0.3 is 0 Å². The molecule has 25 heavy (non-hydrogen) atoms. The molecule has 136 valence electrons. The van der Waals surface area contributed by atoms with Crippen molar-refractivity contribution in [1.29, 1.82) is 0 Å². The Hall–Kier alpha value is -1.76. The molecule has 0 amide bonds. The van der Waals surface area contributed by atoms with Crippen LogP contribution in [0.5, 0.6) is 0 Å². The van der Waals surface area contributed by atoms with Crippen molar-refractivity contribution in [3.05, 3.63) is 48.0 Å². The third-order valence-electron chi connectivity index (χ3n) is 5.26. The van der Waals surface area contributed by atoms with E-state index in [0.29, 0.717) is 13.1 Å². The first kappa shape index (κ1) is 18.0.